The smallest absolute Gasteiger partial charge is 0.134 e. The average molecular weight is 616 g/mol. The molecule has 2 aromatic carbocycles. The molecule has 4 nitrogen and oxygen atoms in total. The van der Waals surface area contributed by atoms with Crippen molar-refractivity contribution in [3.05, 3.63) is 53.3 Å². The Morgan fingerprint density at radius 2 is 1.15 bits per heavy atom. The molecular formula is C18H20Br4N2O2. The zero-order chi connectivity index (χ0) is 19.4. The molecule has 0 saturated carbocycles. The van der Waals surface area contributed by atoms with Crippen LogP contribution >= 0.6 is 63.7 Å². The standard InChI is InChI=1S/C18H20Br4N2O2/c1-23(2)3-4-24(9-11-5-13(19)7-15(21)17(11)25)10-12-6-14(20)8-16(22)18(12)26/h5-8,25-26H,3-4,9-10H2,1-2H3. The number of phenolic OH excluding ortho intramolecular Hbond substituents is 2. The highest BCUT2D eigenvalue weighted by Gasteiger charge is 2.16. The summed E-state index contributed by atoms with van der Waals surface area (Å²) in [5, 5.41) is 20.8. The first-order valence-electron chi connectivity index (χ1n) is 7.88. The van der Waals surface area contributed by atoms with Crippen molar-refractivity contribution in [3.63, 3.8) is 0 Å². The predicted octanol–water partition coefficient (Wildman–Crippen LogP) is 5.71. The first-order chi connectivity index (χ1) is 12.2. The van der Waals surface area contributed by atoms with E-state index in [0.717, 1.165) is 33.2 Å². The highest BCUT2D eigenvalue weighted by molar-refractivity contribution is 9.11. The van der Waals surface area contributed by atoms with Crippen molar-refractivity contribution in [1.82, 2.24) is 9.80 Å². The highest BCUT2D eigenvalue weighted by atomic mass is 79.9. The largest absolute Gasteiger partial charge is 0.506 e. The van der Waals surface area contributed by atoms with Gasteiger partial charge in [0, 0.05) is 46.3 Å². The Morgan fingerprint density at radius 3 is 1.54 bits per heavy atom. The topological polar surface area (TPSA) is 46.9 Å². The minimum absolute atomic E-state index is 0.239. The first-order valence-corrected chi connectivity index (χ1v) is 11.1. The quantitative estimate of drug-likeness (QED) is 0.419. The maximum absolute atomic E-state index is 10.4. The van der Waals surface area contributed by atoms with E-state index in [4.69, 9.17) is 0 Å². The Labute approximate surface area is 187 Å². The van der Waals surface area contributed by atoms with Crippen LogP contribution in [0.25, 0.3) is 0 Å². The second kappa shape index (κ2) is 9.89. The molecule has 0 unspecified atom stereocenters. The molecule has 0 radical (unpaired) electrons. The lowest BCUT2D eigenvalue weighted by molar-refractivity contribution is 0.221. The summed E-state index contributed by atoms with van der Waals surface area (Å²) in [5.74, 6) is 0.477. The van der Waals surface area contributed by atoms with E-state index < -0.39 is 0 Å². The molecule has 0 atom stereocenters. The van der Waals surface area contributed by atoms with Gasteiger partial charge in [0.15, 0.2) is 0 Å². The zero-order valence-electron chi connectivity index (χ0n) is 14.4. The van der Waals surface area contributed by atoms with Crippen molar-refractivity contribution in [3.8, 4) is 11.5 Å². The lowest BCUT2D eigenvalue weighted by atomic mass is 10.1. The highest BCUT2D eigenvalue weighted by Crippen LogP contribution is 2.35. The number of nitrogens with zero attached hydrogens (tertiary/aromatic N) is 2. The van der Waals surface area contributed by atoms with Crippen LogP contribution in [-0.2, 0) is 13.1 Å². The Bertz CT molecular complexity index is 725. The molecule has 0 fully saturated rings. The third kappa shape index (κ3) is 6.21. The Hall–Kier alpha value is -0.120. The third-order valence-electron chi connectivity index (χ3n) is 3.87. The number of likely N-dealkylation sites (N-methyl/N-ethyl adjacent to an activating group) is 1. The van der Waals surface area contributed by atoms with Crippen LogP contribution in [0.1, 0.15) is 11.1 Å². The van der Waals surface area contributed by atoms with Crippen LogP contribution in [-0.4, -0.2) is 47.2 Å². The van der Waals surface area contributed by atoms with Gasteiger partial charge in [-0.25, -0.2) is 0 Å². The van der Waals surface area contributed by atoms with Crippen LogP contribution in [0.2, 0.25) is 0 Å². The molecule has 0 saturated heterocycles. The second-order valence-electron chi connectivity index (χ2n) is 6.30. The van der Waals surface area contributed by atoms with Crippen LogP contribution in [0.4, 0.5) is 0 Å². The van der Waals surface area contributed by atoms with E-state index in [-0.39, 0.29) is 11.5 Å². The minimum Gasteiger partial charge on any atom is -0.506 e. The van der Waals surface area contributed by atoms with Crippen LogP contribution in [0.5, 0.6) is 11.5 Å². The molecular weight excluding hydrogens is 596 g/mol. The van der Waals surface area contributed by atoms with Gasteiger partial charge in [0.2, 0.25) is 0 Å². The lowest BCUT2D eigenvalue weighted by Gasteiger charge is -2.25. The molecule has 0 heterocycles. The average Bonchev–Trinajstić information content (AvgIpc) is 2.54. The predicted molar refractivity (Wildman–Crippen MR) is 120 cm³/mol. The van der Waals surface area contributed by atoms with Gasteiger partial charge < -0.3 is 15.1 Å². The zero-order valence-corrected chi connectivity index (χ0v) is 20.8. The molecule has 2 rings (SSSR count). The SMILES string of the molecule is CN(C)CCN(Cc1cc(Br)cc(Br)c1O)Cc1cc(Br)cc(Br)c1O. The number of hydrogen-bond acceptors (Lipinski definition) is 4. The van der Waals surface area contributed by atoms with Crippen molar-refractivity contribution in [2.24, 2.45) is 0 Å². The number of benzene rings is 2. The minimum atomic E-state index is 0.239. The fourth-order valence-corrected chi connectivity index (χ4v) is 5.14. The molecule has 0 aliphatic rings. The van der Waals surface area contributed by atoms with Crippen molar-refractivity contribution < 1.29 is 10.2 Å². The van der Waals surface area contributed by atoms with Gasteiger partial charge >= 0.3 is 0 Å². The van der Waals surface area contributed by atoms with Gasteiger partial charge in [-0.15, -0.1) is 0 Å². The summed E-state index contributed by atoms with van der Waals surface area (Å²) in [6.45, 7) is 2.77. The van der Waals surface area contributed by atoms with E-state index in [1.807, 2.05) is 38.4 Å². The van der Waals surface area contributed by atoms with Crippen LogP contribution in [0, 0.1) is 0 Å². The summed E-state index contributed by atoms with van der Waals surface area (Å²) >= 11 is 13.7. The summed E-state index contributed by atoms with van der Waals surface area (Å²) in [4.78, 5) is 4.31. The van der Waals surface area contributed by atoms with E-state index in [9.17, 15) is 10.2 Å². The third-order valence-corrected chi connectivity index (χ3v) is 5.99. The van der Waals surface area contributed by atoms with E-state index in [1.54, 1.807) is 0 Å². The number of hydrogen-bond donors (Lipinski definition) is 2. The van der Waals surface area contributed by atoms with Crippen LogP contribution < -0.4 is 0 Å². The molecule has 0 aliphatic carbocycles. The van der Waals surface area contributed by atoms with E-state index in [0.29, 0.717) is 22.0 Å². The van der Waals surface area contributed by atoms with E-state index in [1.165, 1.54) is 0 Å². The summed E-state index contributed by atoms with van der Waals surface area (Å²) in [5.41, 5.74) is 1.64. The van der Waals surface area contributed by atoms with Gasteiger partial charge in [0.25, 0.3) is 0 Å². The van der Waals surface area contributed by atoms with Crippen molar-refractivity contribution in [1.29, 1.82) is 0 Å². The van der Waals surface area contributed by atoms with Crippen LogP contribution in [0.15, 0.2) is 42.2 Å². The Morgan fingerprint density at radius 1 is 0.731 bits per heavy atom. The fourth-order valence-electron chi connectivity index (χ4n) is 2.52. The maximum Gasteiger partial charge on any atom is 0.134 e. The summed E-state index contributed by atoms with van der Waals surface area (Å²) in [6.07, 6.45) is 0. The Kier molecular flexibility index (Phi) is 8.43. The second-order valence-corrected chi connectivity index (χ2v) is 9.84. The molecule has 0 bridgehead atoms. The molecule has 142 valence electrons. The number of aromatic hydroxyl groups is 2. The van der Waals surface area contributed by atoms with Crippen LogP contribution in [0.3, 0.4) is 0 Å². The van der Waals surface area contributed by atoms with Gasteiger partial charge in [-0.2, -0.15) is 0 Å². The molecule has 2 N–H and O–H groups in total. The van der Waals surface area contributed by atoms with E-state index >= 15 is 0 Å². The summed E-state index contributed by atoms with van der Waals surface area (Å²) in [6, 6.07) is 7.47. The molecule has 2 aromatic rings. The molecule has 0 aliphatic heterocycles. The number of rotatable bonds is 7. The molecule has 26 heavy (non-hydrogen) atoms. The molecule has 0 amide bonds. The summed E-state index contributed by atoms with van der Waals surface area (Å²) < 4.78 is 3.11. The van der Waals surface area contributed by atoms with Crippen molar-refractivity contribution in [2.45, 2.75) is 13.1 Å². The fraction of sp³-hybridized carbons (Fsp3) is 0.333. The maximum atomic E-state index is 10.4. The number of halogens is 4. The molecule has 0 aromatic heterocycles. The van der Waals surface area contributed by atoms with Gasteiger partial charge in [0.1, 0.15) is 11.5 Å². The first kappa shape index (κ1) is 22.2. The normalized spacial score (nSPS) is 11.5. The van der Waals surface area contributed by atoms with Crippen molar-refractivity contribution >= 4 is 63.7 Å². The van der Waals surface area contributed by atoms with Gasteiger partial charge in [-0.05, 0) is 70.2 Å². The van der Waals surface area contributed by atoms with E-state index in [2.05, 4.69) is 73.5 Å². The van der Waals surface area contributed by atoms with Gasteiger partial charge in [0.05, 0.1) is 8.95 Å². The molecule has 0 spiro atoms. The monoisotopic (exact) mass is 612 g/mol. The molecule has 8 heteroatoms. The van der Waals surface area contributed by atoms with Gasteiger partial charge in [-0.1, -0.05) is 31.9 Å². The van der Waals surface area contributed by atoms with Gasteiger partial charge in [-0.3, -0.25) is 4.90 Å². The lowest BCUT2D eigenvalue weighted by Crippen LogP contribution is -2.31. The summed E-state index contributed by atoms with van der Waals surface area (Å²) in [7, 11) is 4.05. The van der Waals surface area contributed by atoms with Crippen molar-refractivity contribution in [2.75, 3.05) is 27.2 Å². The number of phenols is 2. The Balaban J connectivity index is 2.30.